The molecule has 5 aromatic rings. The van der Waals surface area contributed by atoms with Crippen molar-refractivity contribution >= 4 is 63.0 Å². The Bertz CT molecular complexity index is 3080. The van der Waals surface area contributed by atoms with Crippen molar-refractivity contribution in [1.29, 1.82) is 0 Å². The van der Waals surface area contributed by atoms with Crippen LogP contribution in [0.5, 0.6) is 0 Å². The predicted octanol–water partition coefficient (Wildman–Crippen LogP) is 3.04. The number of alkyl carbamates (subject to hydrolysis) is 1. The molecular weight excluding hydrogens is 1170 g/mol. The minimum Gasteiger partial charge on any atom is -0.444 e. The van der Waals surface area contributed by atoms with Crippen LogP contribution in [-0.4, -0.2) is 263 Å². The minimum atomic E-state index is -0.505. The number of nitrogens with two attached hydrogens (primary N) is 5. The van der Waals surface area contributed by atoms with E-state index in [0.717, 1.165) is 208 Å². The summed E-state index contributed by atoms with van der Waals surface area (Å²) in [6.45, 7) is 36.2. The average molecular weight is 1270 g/mol. The molecule has 500 valence electrons. The van der Waals surface area contributed by atoms with Gasteiger partial charge in [-0.05, 0) is 58.0 Å². The zero-order chi connectivity index (χ0) is 64.6. The van der Waals surface area contributed by atoms with E-state index in [1.165, 1.54) is 0 Å². The molecular formula is C65H98N20O7. The number of rotatable bonds is 8. The number of pyridine rings is 5. The lowest BCUT2D eigenvalue weighted by Crippen LogP contribution is -2.64. The quantitative estimate of drug-likeness (QED) is 0.130. The van der Waals surface area contributed by atoms with Crippen molar-refractivity contribution in [2.24, 2.45) is 0 Å². The van der Waals surface area contributed by atoms with Crippen molar-refractivity contribution in [3.05, 3.63) is 105 Å². The van der Waals surface area contributed by atoms with Gasteiger partial charge in [-0.15, -0.1) is 0 Å². The number of hydrogen-bond donors (Lipinski definition) is 6. The van der Waals surface area contributed by atoms with Gasteiger partial charge in [-0.3, -0.25) is 39.6 Å². The maximum Gasteiger partial charge on any atom is 0.407 e. The topological polar surface area (TPSA) is 308 Å². The maximum absolute atomic E-state index is 11.7. The molecule has 14 rings (SSSR count). The number of carbonyl (C=O) groups excluding carboxylic acids is 1. The van der Waals surface area contributed by atoms with Crippen LogP contribution in [0.25, 0.3) is 0 Å². The monoisotopic (exact) mass is 1270 g/mol. The summed E-state index contributed by atoms with van der Waals surface area (Å²) in [5, 5.41) is 2.74. The van der Waals surface area contributed by atoms with Gasteiger partial charge in [0.1, 0.15) is 5.60 Å². The van der Waals surface area contributed by atoms with Crippen molar-refractivity contribution in [3.8, 4) is 0 Å². The fraction of sp³-hybridized carbons (Fsp3) is 0.569. The number of piperazine rings is 4. The molecule has 0 spiro atoms. The summed E-state index contributed by atoms with van der Waals surface area (Å²) < 4.78 is 32.9. The smallest absolute Gasteiger partial charge is 0.407 e. The van der Waals surface area contributed by atoms with E-state index in [1.54, 1.807) is 62.0 Å². The third-order valence-electron chi connectivity index (χ3n) is 18.1. The van der Waals surface area contributed by atoms with Crippen molar-refractivity contribution in [3.63, 3.8) is 0 Å². The Hall–Kier alpha value is -7.76. The number of ether oxygens (including phenoxy) is 6. The zero-order valence-electron chi connectivity index (χ0n) is 54.3. The van der Waals surface area contributed by atoms with E-state index in [-0.39, 0.29) is 11.6 Å². The SMILES string of the molecule is C=C1COCC2CN(c3ccncc3N)CCN12.CC(C)(C)OC(=O)NCC1CN(c2ccncc2N)CCO1.CC1(N2CCN(c3ccncc3N)CC2)COC1.Nc1cnccc1N1CCN2CCOC[C@@H]2C1.Nc1cnccc1N1CCN2CCOC[C@H]2C1. The summed E-state index contributed by atoms with van der Waals surface area (Å²) in [6.07, 6.45) is 16.9. The number of nitrogens with one attached hydrogen (secondary N) is 1. The molecule has 0 radical (unpaired) electrons. The Kier molecular flexibility index (Phi) is 23.1. The first-order chi connectivity index (χ1) is 44.5. The number of carbonyl (C=O) groups is 1. The van der Waals surface area contributed by atoms with E-state index >= 15 is 0 Å². The predicted molar refractivity (Wildman–Crippen MR) is 362 cm³/mol. The summed E-state index contributed by atoms with van der Waals surface area (Å²) in [7, 11) is 0. The molecule has 0 bridgehead atoms. The Morgan fingerprint density at radius 3 is 1.38 bits per heavy atom. The highest BCUT2D eigenvalue weighted by atomic mass is 16.6. The molecule has 9 aliphatic rings. The summed E-state index contributed by atoms with van der Waals surface area (Å²) in [4.78, 5) is 53.2. The highest BCUT2D eigenvalue weighted by Gasteiger charge is 2.41. The molecule has 92 heavy (non-hydrogen) atoms. The van der Waals surface area contributed by atoms with Gasteiger partial charge in [-0.2, -0.15) is 0 Å². The molecule has 11 N–H and O–H groups in total. The van der Waals surface area contributed by atoms with Crippen molar-refractivity contribution < 1.29 is 33.2 Å². The van der Waals surface area contributed by atoms with Crippen molar-refractivity contribution in [2.45, 2.75) is 63.1 Å². The summed E-state index contributed by atoms with van der Waals surface area (Å²) >= 11 is 0. The second-order valence-corrected chi connectivity index (χ2v) is 25.8. The standard InChI is InChI=1S/C15H24N4O3.C13H20N4O.C13H18N4O.2C12H18N4O/c1-15(2,3)22-14(20)18-8-11-10-19(6-7-21-11)13-4-5-17-9-12(13)16;1-13(9-18-10-13)17-6-4-16(5-7-17)12-2-3-15-8-11(12)14;1-10-8-18-9-11-7-16(4-5-17(10)11)13-2-3-15-6-12(13)14;2*13-11-7-14-2-1-12(11)16-4-3-15-5-6-17-9-10(15)8-16/h4-5,9,11H,6-8,10,16H2,1-3H3,(H,18,20);2-3,8H,4-7,9-10,14H2,1H3;2-3,6,11H,1,4-5,7-9,14H2;2*1-2,7,10H,3-6,8-9,13H2/t;;;2*10-/m...10/s1. The van der Waals surface area contributed by atoms with Crippen LogP contribution in [0.2, 0.25) is 0 Å². The van der Waals surface area contributed by atoms with Gasteiger partial charge in [0.25, 0.3) is 0 Å². The summed E-state index contributed by atoms with van der Waals surface area (Å²) in [5.41, 5.74) is 39.7. The first-order valence-corrected chi connectivity index (χ1v) is 32.3. The Balaban J connectivity index is 0.000000126. The maximum atomic E-state index is 11.7. The van der Waals surface area contributed by atoms with Gasteiger partial charge in [0.2, 0.25) is 0 Å². The number of anilines is 10. The lowest BCUT2D eigenvalue weighted by molar-refractivity contribution is -0.131. The van der Waals surface area contributed by atoms with Crippen molar-refractivity contribution in [2.75, 3.05) is 230 Å². The van der Waals surface area contributed by atoms with Gasteiger partial charge < -0.3 is 91.8 Å². The van der Waals surface area contributed by atoms with Crippen LogP contribution in [0.1, 0.15) is 27.7 Å². The highest BCUT2D eigenvalue weighted by molar-refractivity contribution is 5.70. The fourth-order valence-electron chi connectivity index (χ4n) is 13.0. The number of aromatic nitrogens is 5. The fourth-order valence-corrected chi connectivity index (χ4v) is 13.0. The Morgan fingerprint density at radius 2 is 0.946 bits per heavy atom. The number of morpholine rings is 4. The summed E-state index contributed by atoms with van der Waals surface area (Å²) in [5.74, 6) is 0. The van der Waals surface area contributed by atoms with Gasteiger partial charge in [0.05, 0.1) is 177 Å². The molecule has 1 amide bonds. The van der Waals surface area contributed by atoms with Crippen LogP contribution in [0.15, 0.2) is 105 Å². The average Bonchev–Trinajstić information content (AvgIpc) is 0.976. The van der Waals surface area contributed by atoms with E-state index in [1.807, 2.05) is 51.1 Å². The molecule has 27 nitrogen and oxygen atoms in total. The second kappa shape index (κ2) is 31.7. The van der Waals surface area contributed by atoms with Gasteiger partial charge in [-0.25, -0.2) is 4.79 Å². The number of amides is 1. The molecule has 27 heteroatoms. The minimum absolute atomic E-state index is 0.103. The van der Waals surface area contributed by atoms with Crippen LogP contribution in [0, 0.1) is 0 Å². The number of nitrogen functional groups attached to an aromatic ring is 5. The highest BCUT2D eigenvalue weighted by Crippen LogP contribution is 2.32. The lowest BCUT2D eigenvalue weighted by Gasteiger charge is -2.50. The molecule has 9 saturated heterocycles. The van der Waals surface area contributed by atoms with E-state index < -0.39 is 11.7 Å². The van der Waals surface area contributed by atoms with E-state index in [4.69, 9.17) is 57.1 Å². The molecule has 14 heterocycles. The third kappa shape index (κ3) is 17.9. The van der Waals surface area contributed by atoms with Crippen LogP contribution in [0.3, 0.4) is 0 Å². The van der Waals surface area contributed by atoms with Gasteiger partial charge in [-0.1, -0.05) is 6.58 Å². The molecule has 5 aromatic heterocycles. The lowest BCUT2D eigenvalue weighted by atomic mass is 9.97. The van der Waals surface area contributed by atoms with E-state index in [2.05, 4.69) is 87.8 Å². The van der Waals surface area contributed by atoms with Crippen LogP contribution >= 0.6 is 0 Å². The Morgan fingerprint density at radius 1 is 0.533 bits per heavy atom. The normalized spacial score (nSPS) is 23.3. The molecule has 9 aliphatic heterocycles. The van der Waals surface area contributed by atoms with Gasteiger partial charge in [0, 0.05) is 154 Å². The number of fused-ring (bicyclic) bond motifs is 3. The van der Waals surface area contributed by atoms with Crippen LogP contribution in [0.4, 0.5) is 61.7 Å². The van der Waals surface area contributed by atoms with Crippen molar-refractivity contribution in [1.82, 2.24) is 49.8 Å². The first-order valence-electron chi connectivity index (χ1n) is 32.3. The first kappa shape index (κ1) is 67.1. The summed E-state index contributed by atoms with van der Waals surface area (Å²) in [6, 6.07) is 11.2. The molecule has 4 atom stereocenters. The largest absolute Gasteiger partial charge is 0.444 e. The molecule has 0 aromatic carbocycles. The van der Waals surface area contributed by atoms with Crippen LogP contribution < -0.4 is 58.5 Å². The van der Waals surface area contributed by atoms with E-state index in [9.17, 15) is 4.79 Å². The molecule has 0 saturated carbocycles. The van der Waals surface area contributed by atoms with Gasteiger partial charge >= 0.3 is 6.09 Å². The van der Waals surface area contributed by atoms with Gasteiger partial charge in [0.15, 0.2) is 0 Å². The number of nitrogens with zero attached hydrogens (tertiary/aromatic N) is 14. The second-order valence-electron chi connectivity index (χ2n) is 25.8. The van der Waals surface area contributed by atoms with Crippen LogP contribution in [-0.2, 0) is 28.4 Å². The molecule has 9 fully saturated rings. The zero-order valence-corrected chi connectivity index (χ0v) is 54.3. The third-order valence-corrected chi connectivity index (χ3v) is 18.1. The molecule has 2 unspecified atom stereocenters. The molecule has 0 aliphatic carbocycles. The number of hydrogen-bond acceptors (Lipinski definition) is 26. The van der Waals surface area contributed by atoms with E-state index in [0.29, 0.717) is 50.1 Å². The Labute approximate surface area is 542 Å².